The number of rotatable bonds is 4. The van der Waals surface area contributed by atoms with Gasteiger partial charge in [0.1, 0.15) is 0 Å². The van der Waals surface area contributed by atoms with Crippen LogP contribution in [0.5, 0.6) is 0 Å². The molecule has 0 saturated heterocycles. The van der Waals surface area contributed by atoms with Crippen molar-refractivity contribution in [2.45, 2.75) is 19.6 Å². The van der Waals surface area contributed by atoms with E-state index in [9.17, 15) is 9.59 Å². The zero-order chi connectivity index (χ0) is 22.2. The number of benzene rings is 4. The number of aromatic carboxylic acids is 2. The molecule has 0 aliphatic carbocycles. The fraction of sp³-hybridized carbons (Fsp3) is 0. The minimum atomic E-state index is -0.932. The van der Waals surface area contributed by atoms with Crippen LogP contribution in [-0.4, -0.2) is 22.2 Å². The van der Waals surface area contributed by atoms with Crippen LogP contribution in [0.1, 0.15) is 20.7 Å². The number of hydrogen-bond donors (Lipinski definition) is 2. The van der Waals surface area contributed by atoms with Crippen molar-refractivity contribution in [1.82, 2.24) is 0 Å². The third-order valence-corrected chi connectivity index (χ3v) is 7.78. The first-order chi connectivity index (χ1) is 15.5. The van der Waals surface area contributed by atoms with Crippen molar-refractivity contribution in [1.29, 1.82) is 0 Å². The third kappa shape index (κ3) is 3.90. The van der Waals surface area contributed by atoms with Crippen molar-refractivity contribution < 1.29 is 19.8 Å². The molecule has 32 heavy (non-hydrogen) atoms. The highest BCUT2D eigenvalue weighted by molar-refractivity contribution is 8.05. The molecule has 0 radical (unpaired) electrons. The number of hydrogen-bond acceptors (Lipinski definition) is 4. The highest BCUT2D eigenvalue weighted by Crippen LogP contribution is 2.50. The van der Waals surface area contributed by atoms with Gasteiger partial charge in [-0.2, -0.15) is 0 Å². The normalized spacial score (nSPS) is 12.0. The molecule has 156 valence electrons. The van der Waals surface area contributed by atoms with Gasteiger partial charge in [-0.3, -0.25) is 0 Å². The Morgan fingerprint density at radius 1 is 0.469 bits per heavy atom. The summed E-state index contributed by atoms with van der Waals surface area (Å²) in [7, 11) is 0. The molecule has 2 N–H and O–H groups in total. The van der Waals surface area contributed by atoms with E-state index in [-0.39, 0.29) is 11.1 Å². The Kier molecular flexibility index (Phi) is 5.25. The van der Waals surface area contributed by atoms with Crippen LogP contribution in [0.25, 0.3) is 22.3 Å². The summed E-state index contributed by atoms with van der Waals surface area (Å²) in [4.78, 5) is 26.9. The molecule has 0 aromatic heterocycles. The monoisotopic (exact) mass is 456 g/mol. The van der Waals surface area contributed by atoms with Crippen molar-refractivity contribution in [2.75, 3.05) is 0 Å². The van der Waals surface area contributed by atoms with Crippen LogP contribution >= 0.6 is 23.5 Å². The van der Waals surface area contributed by atoms with Gasteiger partial charge in [0.2, 0.25) is 0 Å². The summed E-state index contributed by atoms with van der Waals surface area (Å²) in [6.07, 6.45) is 0. The summed E-state index contributed by atoms with van der Waals surface area (Å²) in [5, 5.41) is 18.2. The molecule has 1 aliphatic heterocycles. The zero-order valence-corrected chi connectivity index (χ0v) is 18.2. The standard InChI is InChI=1S/C26H16O4S2/c27-25(28)17-5-1-15(2-6-17)19-9-11-21-23(13-19)32-24-14-20(10-12-22(24)31-21)16-3-7-18(8-4-16)26(29)30/h1-14H,(H,27,28)(H,29,30). The number of carbonyl (C=O) groups is 2. The van der Waals surface area contributed by atoms with E-state index in [1.165, 1.54) is 9.79 Å². The largest absolute Gasteiger partial charge is 0.478 e. The van der Waals surface area contributed by atoms with E-state index >= 15 is 0 Å². The molecule has 0 spiro atoms. The molecule has 0 atom stereocenters. The topological polar surface area (TPSA) is 74.6 Å². The summed E-state index contributed by atoms with van der Waals surface area (Å²) in [6, 6.07) is 26.4. The Hall–Kier alpha value is -3.48. The van der Waals surface area contributed by atoms with Crippen LogP contribution in [0, 0.1) is 0 Å². The van der Waals surface area contributed by atoms with Gasteiger partial charge in [-0.05, 0) is 70.8 Å². The van der Waals surface area contributed by atoms with Gasteiger partial charge in [-0.1, -0.05) is 59.9 Å². The van der Waals surface area contributed by atoms with Crippen molar-refractivity contribution in [3.8, 4) is 22.3 Å². The maximum atomic E-state index is 11.1. The maximum Gasteiger partial charge on any atom is 0.335 e. The molecule has 0 unspecified atom stereocenters. The van der Waals surface area contributed by atoms with Crippen LogP contribution in [0.4, 0.5) is 0 Å². The maximum absolute atomic E-state index is 11.1. The van der Waals surface area contributed by atoms with Gasteiger partial charge in [0.15, 0.2) is 0 Å². The Balaban J connectivity index is 1.44. The molecular formula is C26H16O4S2. The predicted octanol–water partition coefficient (Wildman–Crippen LogP) is 7.03. The molecule has 4 aromatic rings. The van der Waals surface area contributed by atoms with Gasteiger partial charge >= 0.3 is 11.9 Å². The van der Waals surface area contributed by atoms with Gasteiger partial charge in [-0.15, -0.1) is 0 Å². The minimum absolute atomic E-state index is 0.273. The molecule has 1 aliphatic rings. The van der Waals surface area contributed by atoms with Gasteiger partial charge < -0.3 is 10.2 Å². The van der Waals surface area contributed by atoms with Crippen LogP contribution in [0.2, 0.25) is 0 Å². The molecule has 0 saturated carbocycles. The number of fused-ring (bicyclic) bond motifs is 2. The fourth-order valence-corrected chi connectivity index (χ4v) is 5.82. The number of carboxylic acids is 2. The second-order valence-corrected chi connectivity index (χ2v) is 9.46. The van der Waals surface area contributed by atoms with Crippen LogP contribution in [-0.2, 0) is 0 Å². The molecular weight excluding hydrogens is 440 g/mol. The van der Waals surface area contributed by atoms with E-state index in [1.807, 2.05) is 24.3 Å². The quantitative estimate of drug-likeness (QED) is 0.302. The third-order valence-electron chi connectivity index (χ3n) is 5.26. The van der Waals surface area contributed by atoms with E-state index in [4.69, 9.17) is 10.2 Å². The second kappa shape index (κ2) is 8.22. The Morgan fingerprint density at radius 2 is 0.812 bits per heavy atom. The van der Waals surface area contributed by atoms with Gasteiger partial charge in [0.25, 0.3) is 0 Å². The SMILES string of the molecule is O=C(O)c1ccc(-c2ccc3c(c2)Sc2cc(-c4ccc(C(=O)O)cc4)ccc2S3)cc1. The first kappa shape index (κ1) is 20.4. The summed E-state index contributed by atoms with van der Waals surface area (Å²) >= 11 is 3.43. The lowest BCUT2D eigenvalue weighted by Crippen LogP contribution is -1.95. The summed E-state index contributed by atoms with van der Waals surface area (Å²) in [6.45, 7) is 0. The molecule has 0 fully saturated rings. The lowest BCUT2D eigenvalue weighted by molar-refractivity contribution is 0.0686. The van der Waals surface area contributed by atoms with Gasteiger partial charge in [0.05, 0.1) is 11.1 Å². The van der Waals surface area contributed by atoms with Crippen LogP contribution < -0.4 is 0 Å². The van der Waals surface area contributed by atoms with Gasteiger partial charge in [0, 0.05) is 19.6 Å². The number of carboxylic acid groups (broad SMARTS) is 2. The van der Waals surface area contributed by atoms with Crippen LogP contribution in [0.3, 0.4) is 0 Å². The first-order valence-corrected chi connectivity index (χ1v) is 11.4. The molecule has 4 nitrogen and oxygen atoms in total. The lowest BCUT2D eigenvalue weighted by atomic mass is 10.0. The van der Waals surface area contributed by atoms with Crippen molar-refractivity contribution in [2.24, 2.45) is 0 Å². The molecule has 0 bridgehead atoms. The summed E-state index contributed by atoms with van der Waals surface area (Å²) < 4.78 is 0. The molecule has 4 aromatic carbocycles. The first-order valence-electron chi connectivity index (χ1n) is 9.79. The highest BCUT2D eigenvalue weighted by Gasteiger charge is 2.19. The minimum Gasteiger partial charge on any atom is -0.478 e. The van der Waals surface area contributed by atoms with Crippen molar-refractivity contribution in [3.05, 3.63) is 96.1 Å². The average molecular weight is 457 g/mol. The summed E-state index contributed by atoms with van der Waals surface area (Å²) in [5.74, 6) is -1.86. The predicted molar refractivity (Wildman–Crippen MR) is 126 cm³/mol. The van der Waals surface area contributed by atoms with E-state index in [2.05, 4.69) is 36.4 Å². The average Bonchev–Trinajstić information content (AvgIpc) is 2.82. The van der Waals surface area contributed by atoms with Crippen molar-refractivity contribution >= 4 is 35.5 Å². The van der Waals surface area contributed by atoms with E-state index < -0.39 is 11.9 Å². The highest BCUT2D eigenvalue weighted by atomic mass is 32.2. The Labute approximate surface area is 192 Å². The Bertz CT molecular complexity index is 1250. The van der Waals surface area contributed by atoms with E-state index in [0.29, 0.717) is 0 Å². The summed E-state index contributed by atoms with van der Waals surface area (Å²) in [5.41, 5.74) is 4.57. The van der Waals surface area contributed by atoms with Gasteiger partial charge in [-0.25, -0.2) is 9.59 Å². The fourth-order valence-electron chi connectivity index (χ4n) is 3.55. The zero-order valence-electron chi connectivity index (χ0n) is 16.6. The molecule has 6 heteroatoms. The smallest absolute Gasteiger partial charge is 0.335 e. The molecule has 1 heterocycles. The van der Waals surface area contributed by atoms with E-state index in [0.717, 1.165) is 32.0 Å². The van der Waals surface area contributed by atoms with E-state index in [1.54, 1.807) is 47.8 Å². The molecule has 5 rings (SSSR count). The Morgan fingerprint density at radius 3 is 1.19 bits per heavy atom. The second-order valence-electron chi connectivity index (χ2n) is 7.29. The van der Waals surface area contributed by atoms with Crippen LogP contribution in [0.15, 0.2) is 105 Å². The molecule has 0 amide bonds. The van der Waals surface area contributed by atoms with Crippen molar-refractivity contribution in [3.63, 3.8) is 0 Å². The lowest BCUT2D eigenvalue weighted by Gasteiger charge is -2.20.